The first-order chi connectivity index (χ1) is 12.0. The molecule has 1 heterocycles. The van der Waals surface area contributed by atoms with Crippen LogP contribution < -0.4 is 4.74 Å². The van der Waals surface area contributed by atoms with Crippen molar-refractivity contribution in [1.82, 2.24) is 4.57 Å². The van der Waals surface area contributed by atoms with E-state index in [1.807, 2.05) is 41.1 Å². The maximum Gasteiger partial charge on any atom is 0.336 e. The lowest BCUT2D eigenvalue weighted by atomic mass is 10.1. The van der Waals surface area contributed by atoms with Gasteiger partial charge in [0.15, 0.2) is 0 Å². The van der Waals surface area contributed by atoms with Crippen LogP contribution >= 0.6 is 11.6 Å². The number of carbonyl (C=O) groups is 1. The Balaban J connectivity index is 1.96. The van der Waals surface area contributed by atoms with Crippen molar-refractivity contribution in [3.8, 4) is 5.75 Å². The average molecular weight is 358 g/mol. The molecule has 1 aromatic heterocycles. The van der Waals surface area contributed by atoms with Gasteiger partial charge >= 0.3 is 5.97 Å². The van der Waals surface area contributed by atoms with Gasteiger partial charge in [0, 0.05) is 27.7 Å². The van der Waals surface area contributed by atoms with Crippen LogP contribution in [0.1, 0.15) is 29.8 Å². The molecule has 0 unspecified atom stereocenters. The smallest absolute Gasteiger partial charge is 0.336 e. The van der Waals surface area contributed by atoms with Gasteiger partial charge in [0.25, 0.3) is 0 Å². The number of benzene rings is 2. The van der Waals surface area contributed by atoms with Gasteiger partial charge in [0.1, 0.15) is 5.75 Å². The molecule has 130 valence electrons. The number of ether oxygens (including phenoxy) is 1. The first kappa shape index (κ1) is 17.4. The Morgan fingerprint density at radius 1 is 1.24 bits per heavy atom. The second kappa shape index (κ2) is 7.19. The van der Waals surface area contributed by atoms with Crippen LogP contribution in [-0.2, 0) is 6.54 Å². The number of aromatic carboxylic acids is 1. The summed E-state index contributed by atoms with van der Waals surface area (Å²) in [5, 5.41) is 10.7. The summed E-state index contributed by atoms with van der Waals surface area (Å²) >= 11 is 6.11. The summed E-state index contributed by atoms with van der Waals surface area (Å²) in [4.78, 5) is 11.4. The molecule has 4 nitrogen and oxygen atoms in total. The second-order valence-corrected chi connectivity index (χ2v) is 6.88. The minimum absolute atomic E-state index is 0.309. The molecule has 5 heteroatoms. The Labute approximate surface area is 151 Å². The third kappa shape index (κ3) is 3.80. The van der Waals surface area contributed by atoms with Crippen molar-refractivity contribution in [3.05, 3.63) is 64.8 Å². The lowest BCUT2D eigenvalue weighted by Crippen LogP contribution is -2.08. The minimum atomic E-state index is -0.921. The van der Waals surface area contributed by atoms with E-state index in [-0.39, 0.29) is 0 Å². The zero-order chi connectivity index (χ0) is 18.0. The number of carboxylic acids is 1. The van der Waals surface area contributed by atoms with E-state index in [9.17, 15) is 9.90 Å². The first-order valence-electron chi connectivity index (χ1n) is 8.18. The van der Waals surface area contributed by atoms with Crippen molar-refractivity contribution in [2.45, 2.75) is 20.4 Å². The molecule has 3 rings (SSSR count). The molecular weight excluding hydrogens is 338 g/mol. The van der Waals surface area contributed by atoms with Gasteiger partial charge < -0.3 is 14.4 Å². The quantitative estimate of drug-likeness (QED) is 0.669. The monoisotopic (exact) mass is 357 g/mol. The van der Waals surface area contributed by atoms with Gasteiger partial charge in [-0.25, -0.2) is 4.79 Å². The van der Waals surface area contributed by atoms with Crippen molar-refractivity contribution >= 4 is 28.5 Å². The highest BCUT2D eigenvalue weighted by Crippen LogP contribution is 2.27. The first-order valence-corrected chi connectivity index (χ1v) is 8.56. The van der Waals surface area contributed by atoms with E-state index in [0.717, 1.165) is 22.2 Å². The molecule has 0 fully saturated rings. The third-order valence-electron chi connectivity index (χ3n) is 3.99. The van der Waals surface area contributed by atoms with Crippen LogP contribution in [0, 0.1) is 5.92 Å². The third-order valence-corrected chi connectivity index (χ3v) is 4.22. The molecule has 0 amide bonds. The van der Waals surface area contributed by atoms with Crippen LogP contribution in [0.5, 0.6) is 5.75 Å². The molecule has 0 aliphatic heterocycles. The lowest BCUT2D eigenvalue weighted by molar-refractivity contribution is 0.0699. The Bertz CT molecular complexity index is 914. The highest BCUT2D eigenvalue weighted by Gasteiger charge is 2.13. The van der Waals surface area contributed by atoms with Gasteiger partial charge in [-0.05, 0) is 36.2 Å². The van der Waals surface area contributed by atoms with E-state index in [1.54, 1.807) is 12.1 Å². The van der Waals surface area contributed by atoms with Crippen LogP contribution in [0.4, 0.5) is 0 Å². The largest absolute Gasteiger partial charge is 0.493 e. The highest BCUT2D eigenvalue weighted by molar-refractivity contribution is 6.30. The molecule has 0 bridgehead atoms. The Morgan fingerprint density at radius 3 is 2.76 bits per heavy atom. The van der Waals surface area contributed by atoms with Crippen LogP contribution in [0.2, 0.25) is 5.02 Å². The summed E-state index contributed by atoms with van der Waals surface area (Å²) in [5.41, 5.74) is 2.19. The van der Waals surface area contributed by atoms with Gasteiger partial charge in [-0.1, -0.05) is 37.6 Å². The summed E-state index contributed by atoms with van der Waals surface area (Å²) in [6.07, 6.45) is 1.90. The molecular formula is C20H20ClNO3. The highest BCUT2D eigenvalue weighted by atomic mass is 35.5. The fourth-order valence-electron chi connectivity index (χ4n) is 2.78. The van der Waals surface area contributed by atoms with Crippen molar-refractivity contribution in [2.75, 3.05) is 6.61 Å². The van der Waals surface area contributed by atoms with Gasteiger partial charge in [-0.3, -0.25) is 0 Å². The van der Waals surface area contributed by atoms with Gasteiger partial charge in [-0.15, -0.1) is 0 Å². The van der Waals surface area contributed by atoms with E-state index < -0.39 is 5.97 Å². The van der Waals surface area contributed by atoms with Gasteiger partial charge in [0.05, 0.1) is 18.7 Å². The molecule has 0 saturated carbocycles. The standard InChI is InChI=1S/C20H20ClNO3/c1-13(2)12-25-19-10-15(21)7-6-14(19)11-22-9-8-16-17(20(23)24)4-3-5-18(16)22/h3-10,13H,11-12H2,1-2H3,(H,23,24). The number of halogens is 1. The summed E-state index contributed by atoms with van der Waals surface area (Å²) in [6, 6.07) is 12.8. The molecule has 3 aromatic rings. The zero-order valence-electron chi connectivity index (χ0n) is 14.2. The average Bonchev–Trinajstić information content (AvgIpc) is 2.97. The molecule has 0 spiro atoms. The van der Waals surface area contributed by atoms with Crippen molar-refractivity contribution in [3.63, 3.8) is 0 Å². The molecule has 25 heavy (non-hydrogen) atoms. The molecule has 1 N–H and O–H groups in total. The number of aromatic nitrogens is 1. The maximum atomic E-state index is 11.4. The molecule has 2 aromatic carbocycles. The summed E-state index contributed by atoms with van der Waals surface area (Å²) in [5.74, 6) is 0.255. The van der Waals surface area contributed by atoms with Crippen molar-refractivity contribution < 1.29 is 14.6 Å². The minimum Gasteiger partial charge on any atom is -0.493 e. The molecule has 0 aliphatic carbocycles. The molecule has 0 saturated heterocycles. The fraction of sp³-hybridized carbons (Fsp3) is 0.250. The number of nitrogens with zero attached hydrogens (tertiary/aromatic N) is 1. The van der Waals surface area contributed by atoms with Gasteiger partial charge in [-0.2, -0.15) is 0 Å². The predicted molar refractivity (Wildman–Crippen MR) is 99.8 cm³/mol. The Kier molecular flexibility index (Phi) is 5.00. The normalized spacial score (nSPS) is 11.2. The van der Waals surface area contributed by atoms with Gasteiger partial charge in [0.2, 0.25) is 0 Å². The van der Waals surface area contributed by atoms with E-state index in [0.29, 0.717) is 29.7 Å². The lowest BCUT2D eigenvalue weighted by Gasteiger charge is -2.15. The number of carboxylic acid groups (broad SMARTS) is 1. The number of hydrogen-bond donors (Lipinski definition) is 1. The van der Waals surface area contributed by atoms with Crippen LogP contribution in [-0.4, -0.2) is 22.2 Å². The Morgan fingerprint density at radius 2 is 2.04 bits per heavy atom. The van der Waals surface area contributed by atoms with E-state index in [1.165, 1.54) is 0 Å². The number of fused-ring (bicyclic) bond motifs is 1. The predicted octanol–water partition coefficient (Wildman–Crippen LogP) is 5.08. The topological polar surface area (TPSA) is 51.5 Å². The molecule has 0 atom stereocenters. The summed E-state index contributed by atoms with van der Waals surface area (Å²) in [6.45, 7) is 5.38. The Hall–Kier alpha value is -2.46. The van der Waals surface area contributed by atoms with Crippen molar-refractivity contribution in [1.29, 1.82) is 0 Å². The van der Waals surface area contributed by atoms with Crippen LogP contribution in [0.3, 0.4) is 0 Å². The summed E-state index contributed by atoms with van der Waals surface area (Å²) in [7, 11) is 0. The van der Waals surface area contributed by atoms with Crippen LogP contribution in [0.15, 0.2) is 48.7 Å². The summed E-state index contributed by atoms with van der Waals surface area (Å²) < 4.78 is 7.93. The SMILES string of the molecule is CC(C)COc1cc(Cl)ccc1Cn1ccc2c(C(=O)O)cccc21. The van der Waals surface area contributed by atoms with E-state index in [2.05, 4.69) is 13.8 Å². The zero-order valence-corrected chi connectivity index (χ0v) is 15.0. The van der Waals surface area contributed by atoms with Crippen molar-refractivity contribution in [2.24, 2.45) is 5.92 Å². The maximum absolute atomic E-state index is 11.4. The number of hydrogen-bond acceptors (Lipinski definition) is 2. The second-order valence-electron chi connectivity index (χ2n) is 6.44. The molecule has 0 radical (unpaired) electrons. The molecule has 0 aliphatic rings. The fourth-order valence-corrected chi connectivity index (χ4v) is 2.94. The van der Waals surface area contributed by atoms with E-state index >= 15 is 0 Å². The number of rotatable bonds is 6. The van der Waals surface area contributed by atoms with E-state index in [4.69, 9.17) is 16.3 Å². The van der Waals surface area contributed by atoms with Crippen LogP contribution in [0.25, 0.3) is 10.9 Å².